The highest BCUT2D eigenvalue weighted by molar-refractivity contribution is 9.10. The number of carbonyl (C=O) groups excluding carboxylic acids is 1. The van der Waals surface area contributed by atoms with Crippen LogP contribution >= 0.6 is 27.5 Å². The molecule has 1 N–H and O–H groups in total. The molecule has 0 aliphatic carbocycles. The van der Waals surface area contributed by atoms with Gasteiger partial charge in [0.05, 0.1) is 17.7 Å². The zero-order chi connectivity index (χ0) is 15.4. The van der Waals surface area contributed by atoms with Gasteiger partial charge in [-0.2, -0.15) is 0 Å². The molecule has 21 heavy (non-hydrogen) atoms. The Hall–Kier alpha value is -1.59. The van der Waals surface area contributed by atoms with Crippen LogP contribution in [0.25, 0.3) is 0 Å². The molecule has 0 aliphatic rings. The van der Waals surface area contributed by atoms with E-state index in [0.29, 0.717) is 20.6 Å². The van der Waals surface area contributed by atoms with Crippen LogP contribution in [0.15, 0.2) is 40.9 Å². The number of rotatable bonds is 4. The second-order valence-corrected chi connectivity index (χ2v) is 5.51. The number of methoxy groups -OCH3 is 1. The predicted octanol–water partition coefficient (Wildman–Crippen LogP) is 4.18. The minimum Gasteiger partial charge on any atom is -0.494 e. The summed E-state index contributed by atoms with van der Waals surface area (Å²) in [7, 11) is 1.40. The third kappa shape index (κ3) is 3.74. The molecule has 0 radical (unpaired) electrons. The van der Waals surface area contributed by atoms with Crippen molar-refractivity contribution in [1.29, 1.82) is 0 Å². The average molecular weight is 373 g/mol. The maximum Gasteiger partial charge on any atom is 0.254 e. The van der Waals surface area contributed by atoms with Crippen LogP contribution in [-0.2, 0) is 6.54 Å². The number of ether oxygens (including phenoxy) is 1. The van der Waals surface area contributed by atoms with Gasteiger partial charge >= 0.3 is 0 Å². The lowest BCUT2D eigenvalue weighted by Gasteiger charge is -2.09. The minimum atomic E-state index is -0.469. The third-order valence-electron chi connectivity index (χ3n) is 2.86. The first kappa shape index (κ1) is 15.8. The summed E-state index contributed by atoms with van der Waals surface area (Å²) in [5, 5.41) is 3.05. The van der Waals surface area contributed by atoms with Crippen LogP contribution in [0.4, 0.5) is 4.39 Å². The van der Waals surface area contributed by atoms with Gasteiger partial charge < -0.3 is 10.1 Å². The van der Waals surface area contributed by atoms with Gasteiger partial charge in [-0.05, 0) is 45.8 Å². The van der Waals surface area contributed by atoms with E-state index in [0.717, 1.165) is 0 Å². The van der Waals surface area contributed by atoms with Crippen LogP contribution in [0.1, 0.15) is 15.9 Å². The first-order valence-corrected chi connectivity index (χ1v) is 7.24. The zero-order valence-electron chi connectivity index (χ0n) is 11.1. The molecular formula is C15H12BrClFNO2. The SMILES string of the molecule is COc1ccc(CNC(=O)c2c(Cl)cccc2Br)cc1F. The van der Waals surface area contributed by atoms with Gasteiger partial charge in [-0.25, -0.2) is 4.39 Å². The van der Waals surface area contributed by atoms with Gasteiger partial charge in [-0.1, -0.05) is 23.7 Å². The zero-order valence-corrected chi connectivity index (χ0v) is 13.5. The normalized spacial score (nSPS) is 10.3. The van der Waals surface area contributed by atoms with Gasteiger partial charge in [0, 0.05) is 11.0 Å². The summed E-state index contributed by atoms with van der Waals surface area (Å²) < 4.78 is 19.0. The summed E-state index contributed by atoms with van der Waals surface area (Å²) in [5.41, 5.74) is 0.984. The van der Waals surface area contributed by atoms with Crippen LogP contribution in [-0.4, -0.2) is 13.0 Å². The number of carbonyl (C=O) groups is 1. The number of hydrogen-bond donors (Lipinski definition) is 1. The summed E-state index contributed by atoms with van der Waals surface area (Å²) in [5.74, 6) is -0.634. The standard InChI is InChI=1S/C15H12BrClFNO2/c1-21-13-6-5-9(7-12(13)18)8-19-15(20)14-10(16)3-2-4-11(14)17/h2-7H,8H2,1H3,(H,19,20). The Morgan fingerprint density at radius 3 is 2.76 bits per heavy atom. The molecule has 0 saturated carbocycles. The smallest absolute Gasteiger partial charge is 0.254 e. The molecule has 0 atom stereocenters. The fraction of sp³-hybridized carbons (Fsp3) is 0.133. The Morgan fingerprint density at radius 2 is 2.14 bits per heavy atom. The van der Waals surface area contributed by atoms with Crippen molar-refractivity contribution in [2.45, 2.75) is 6.54 Å². The topological polar surface area (TPSA) is 38.3 Å². The van der Waals surface area contributed by atoms with Crippen LogP contribution in [0.2, 0.25) is 5.02 Å². The van der Waals surface area contributed by atoms with E-state index in [1.165, 1.54) is 19.2 Å². The van der Waals surface area contributed by atoms with Crippen molar-refractivity contribution >= 4 is 33.4 Å². The number of amides is 1. The minimum absolute atomic E-state index is 0.166. The molecule has 2 rings (SSSR count). The van der Waals surface area contributed by atoms with Crippen LogP contribution in [0.5, 0.6) is 5.75 Å². The maximum absolute atomic E-state index is 13.6. The molecule has 0 saturated heterocycles. The van der Waals surface area contributed by atoms with Crippen molar-refractivity contribution in [2.75, 3.05) is 7.11 Å². The molecule has 1 amide bonds. The number of hydrogen-bond acceptors (Lipinski definition) is 2. The lowest BCUT2D eigenvalue weighted by Crippen LogP contribution is -2.23. The summed E-state index contributed by atoms with van der Waals surface area (Å²) in [6.45, 7) is 0.192. The highest BCUT2D eigenvalue weighted by atomic mass is 79.9. The third-order valence-corrected chi connectivity index (χ3v) is 3.83. The Labute approximate surface area is 135 Å². The Morgan fingerprint density at radius 1 is 1.38 bits per heavy atom. The molecule has 0 aliphatic heterocycles. The summed E-state index contributed by atoms with van der Waals surface area (Å²) in [6.07, 6.45) is 0. The van der Waals surface area contributed by atoms with Gasteiger partial charge in [-0.3, -0.25) is 4.79 Å². The first-order chi connectivity index (χ1) is 10.0. The van der Waals surface area contributed by atoms with Crippen molar-refractivity contribution in [3.63, 3.8) is 0 Å². The molecule has 2 aromatic carbocycles. The Kier molecular flexibility index (Phi) is 5.20. The van der Waals surface area contributed by atoms with Gasteiger partial charge in [0.25, 0.3) is 5.91 Å². The van der Waals surface area contributed by atoms with E-state index in [9.17, 15) is 9.18 Å². The summed E-state index contributed by atoms with van der Waals surface area (Å²) in [4.78, 5) is 12.1. The molecule has 6 heteroatoms. The van der Waals surface area contributed by atoms with Gasteiger partial charge in [0.2, 0.25) is 0 Å². The molecule has 0 unspecified atom stereocenters. The van der Waals surface area contributed by atoms with Gasteiger partial charge in [0.15, 0.2) is 11.6 Å². The van der Waals surface area contributed by atoms with Crippen LogP contribution in [0, 0.1) is 5.82 Å². The Bertz CT molecular complexity index is 658. The van der Waals surface area contributed by atoms with Gasteiger partial charge in [0.1, 0.15) is 0 Å². The van der Waals surface area contributed by atoms with Crippen molar-refractivity contribution < 1.29 is 13.9 Å². The van der Waals surface area contributed by atoms with Crippen molar-refractivity contribution in [3.8, 4) is 5.75 Å². The lowest BCUT2D eigenvalue weighted by molar-refractivity contribution is 0.0950. The van der Waals surface area contributed by atoms with E-state index in [1.54, 1.807) is 24.3 Å². The van der Waals surface area contributed by atoms with Crippen LogP contribution < -0.4 is 10.1 Å². The highest BCUT2D eigenvalue weighted by Crippen LogP contribution is 2.24. The summed E-state index contributed by atoms with van der Waals surface area (Å²) >= 11 is 9.29. The molecule has 0 heterocycles. The largest absolute Gasteiger partial charge is 0.494 e. The monoisotopic (exact) mass is 371 g/mol. The first-order valence-electron chi connectivity index (χ1n) is 6.07. The second-order valence-electron chi connectivity index (χ2n) is 4.25. The Balaban J connectivity index is 2.09. The van der Waals surface area contributed by atoms with E-state index in [4.69, 9.17) is 16.3 Å². The second kappa shape index (κ2) is 6.91. The quantitative estimate of drug-likeness (QED) is 0.874. The lowest BCUT2D eigenvalue weighted by atomic mass is 10.2. The van der Waals surface area contributed by atoms with Gasteiger partial charge in [-0.15, -0.1) is 0 Å². The summed E-state index contributed by atoms with van der Waals surface area (Å²) in [6, 6.07) is 9.62. The van der Waals surface area contributed by atoms with E-state index in [-0.39, 0.29) is 18.2 Å². The fourth-order valence-electron chi connectivity index (χ4n) is 1.81. The predicted molar refractivity (Wildman–Crippen MR) is 83.3 cm³/mol. The molecule has 3 nitrogen and oxygen atoms in total. The molecule has 0 bridgehead atoms. The number of halogens is 3. The highest BCUT2D eigenvalue weighted by Gasteiger charge is 2.14. The van der Waals surface area contributed by atoms with Crippen molar-refractivity contribution in [1.82, 2.24) is 5.32 Å². The molecule has 0 spiro atoms. The molecule has 0 aromatic heterocycles. The van der Waals surface area contributed by atoms with E-state index < -0.39 is 5.82 Å². The van der Waals surface area contributed by atoms with E-state index in [2.05, 4.69) is 21.2 Å². The van der Waals surface area contributed by atoms with Crippen molar-refractivity contribution in [2.24, 2.45) is 0 Å². The molecular weight excluding hydrogens is 361 g/mol. The number of nitrogens with one attached hydrogen (secondary N) is 1. The van der Waals surface area contributed by atoms with Crippen molar-refractivity contribution in [3.05, 3.63) is 62.8 Å². The maximum atomic E-state index is 13.6. The molecule has 110 valence electrons. The van der Waals surface area contributed by atoms with Crippen LogP contribution in [0.3, 0.4) is 0 Å². The fourth-order valence-corrected chi connectivity index (χ4v) is 2.73. The number of benzene rings is 2. The van der Waals surface area contributed by atoms with E-state index >= 15 is 0 Å². The molecule has 2 aromatic rings. The average Bonchev–Trinajstić information content (AvgIpc) is 2.45. The molecule has 0 fully saturated rings. The van der Waals surface area contributed by atoms with E-state index in [1.807, 2.05) is 0 Å².